The van der Waals surface area contributed by atoms with Crippen molar-refractivity contribution in [1.82, 2.24) is 30.5 Å². The van der Waals surface area contributed by atoms with Crippen LogP contribution in [-0.2, 0) is 14.3 Å². The zero-order valence-corrected chi connectivity index (χ0v) is 33.4. The molecule has 2 aliphatic rings. The number of amides is 3. The lowest BCUT2D eigenvalue weighted by Gasteiger charge is -2.36. The van der Waals surface area contributed by atoms with Crippen molar-refractivity contribution in [3.63, 3.8) is 0 Å². The average Bonchev–Trinajstić information content (AvgIpc) is 3.97. The van der Waals surface area contributed by atoms with Crippen LogP contribution < -0.4 is 15.5 Å². The molecule has 2 unspecified atom stereocenters. The highest BCUT2D eigenvalue weighted by Crippen LogP contribution is 2.42. The van der Waals surface area contributed by atoms with Gasteiger partial charge in [0.1, 0.15) is 18.3 Å². The average molecular weight is 748 g/mol. The second kappa shape index (κ2) is 18.7. The third-order valence-electron chi connectivity index (χ3n) is 11.4. The van der Waals surface area contributed by atoms with E-state index in [4.69, 9.17) is 23.9 Å². The third kappa shape index (κ3) is 9.57. The molecule has 1 aliphatic carbocycles. The molecule has 3 aromatic rings. The number of benzene rings is 1. The van der Waals surface area contributed by atoms with Crippen LogP contribution in [0.15, 0.2) is 41.1 Å². The number of likely N-dealkylation sites (tertiary alicyclic amines) is 1. The summed E-state index contributed by atoms with van der Waals surface area (Å²) in [7, 11) is 2.69. The number of unbranched alkanes of at least 4 members (excludes halogenated alkanes) is 1. The van der Waals surface area contributed by atoms with Crippen molar-refractivity contribution in [3.8, 4) is 11.3 Å². The van der Waals surface area contributed by atoms with Crippen molar-refractivity contribution in [2.45, 2.75) is 129 Å². The van der Waals surface area contributed by atoms with E-state index in [2.05, 4.69) is 72.5 Å². The minimum atomic E-state index is -0.677. The summed E-state index contributed by atoms with van der Waals surface area (Å²) >= 11 is 0. The summed E-state index contributed by atoms with van der Waals surface area (Å²) in [5.74, 6) is 2.14. The number of anilines is 1. The van der Waals surface area contributed by atoms with E-state index in [0.29, 0.717) is 24.3 Å². The van der Waals surface area contributed by atoms with Crippen LogP contribution >= 0.6 is 0 Å². The Kier molecular flexibility index (Phi) is 14.0. The number of carbonyl (C=O) groups excluding carboxylic acids is 3. The van der Waals surface area contributed by atoms with Crippen LogP contribution in [0.3, 0.4) is 0 Å². The molecule has 5 rings (SSSR count). The van der Waals surface area contributed by atoms with Crippen molar-refractivity contribution in [2.75, 3.05) is 32.2 Å². The van der Waals surface area contributed by atoms with Gasteiger partial charge in [0.2, 0.25) is 17.7 Å². The van der Waals surface area contributed by atoms with Gasteiger partial charge in [-0.2, -0.15) is 0 Å². The Morgan fingerprint density at radius 1 is 0.944 bits per heavy atom. The van der Waals surface area contributed by atoms with Crippen LogP contribution in [0.25, 0.3) is 11.3 Å². The van der Waals surface area contributed by atoms with Gasteiger partial charge >= 0.3 is 12.2 Å². The number of carbonyl (C=O) groups is 3. The first-order valence-electron chi connectivity index (χ1n) is 19.8. The van der Waals surface area contributed by atoms with E-state index in [1.165, 1.54) is 19.8 Å². The fourth-order valence-corrected chi connectivity index (χ4v) is 8.13. The number of rotatable bonds is 15. The van der Waals surface area contributed by atoms with Gasteiger partial charge in [-0.3, -0.25) is 4.79 Å². The number of alkyl carbamates (subject to hydrolysis) is 2. The summed E-state index contributed by atoms with van der Waals surface area (Å²) in [6.07, 6.45) is 10.5. The maximum atomic E-state index is 13.5. The molecular formula is C41H61N7O6. The van der Waals surface area contributed by atoms with E-state index < -0.39 is 18.2 Å². The fraction of sp³-hybridized carbons (Fsp3) is 0.634. The minimum absolute atomic E-state index is 0.00285. The van der Waals surface area contributed by atoms with Gasteiger partial charge in [-0.1, -0.05) is 65.3 Å². The molecule has 3 heterocycles. The molecule has 0 bridgehead atoms. The number of H-pyrrole nitrogens is 1. The highest BCUT2D eigenvalue weighted by molar-refractivity contribution is 5.86. The van der Waals surface area contributed by atoms with E-state index in [1.807, 2.05) is 20.0 Å². The predicted molar refractivity (Wildman–Crippen MR) is 208 cm³/mol. The van der Waals surface area contributed by atoms with E-state index in [-0.39, 0.29) is 35.9 Å². The van der Waals surface area contributed by atoms with Crippen molar-refractivity contribution in [3.05, 3.63) is 53.9 Å². The Labute approximate surface area is 320 Å². The standard InChI is InChI=1S/C41H61N7O6/c1-9-10-21-47(27(6)35(25(2)3)45-40(50)52-7)39-42-23-32(44-39)30-17-13-28(14-18-30)29-15-19-31(20-16-29)33-24-54-37(43-33)34-12-11-22-48(34)38(49)36(26(4)5)46-41(51)53-8/h13-14,17-18,23-27,29,31,34-36H,9-12,15-16,19-22H2,1-8H3,(H,42,44)(H,45,50)(H,46,51)/t27?,29-,31-,34?,35-,36-/m0/s1. The molecular weight excluding hydrogens is 686 g/mol. The molecule has 2 aromatic heterocycles. The van der Waals surface area contributed by atoms with Crippen LogP contribution in [0, 0.1) is 11.8 Å². The molecule has 1 aliphatic heterocycles. The van der Waals surface area contributed by atoms with E-state index in [9.17, 15) is 14.4 Å². The molecule has 3 amide bonds. The summed E-state index contributed by atoms with van der Waals surface area (Å²) in [5, 5.41) is 5.74. The molecule has 54 heavy (non-hydrogen) atoms. The van der Waals surface area contributed by atoms with E-state index in [1.54, 1.807) is 11.2 Å². The Hall–Kier alpha value is -4.55. The summed E-state index contributed by atoms with van der Waals surface area (Å²) in [6.45, 7) is 13.8. The van der Waals surface area contributed by atoms with Crippen molar-refractivity contribution in [1.29, 1.82) is 0 Å². The summed E-state index contributed by atoms with van der Waals surface area (Å²) in [6, 6.07) is 7.81. The maximum Gasteiger partial charge on any atom is 0.407 e. The Bertz CT molecular complexity index is 1660. The molecule has 1 saturated carbocycles. The summed E-state index contributed by atoms with van der Waals surface area (Å²) in [4.78, 5) is 55.0. The first kappa shape index (κ1) is 40.6. The third-order valence-corrected chi connectivity index (χ3v) is 11.4. The topological polar surface area (TPSA) is 155 Å². The smallest absolute Gasteiger partial charge is 0.407 e. The molecule has 0 spiro atoms. The molecule has 1 saturated heterocycles. The first-order chi connectivity index (χ1) is 25.9. The molecule has 0 radical (unpaired) electrons. The number of hydrogen-bond donors (Lipinski definition) is 3. The first-order valence-corrected chi connectivity index (χ1v) is 19.8. The van der Waals surface area contributed by atoms with Crippen LogP contribution in [0.5, 0.6) is 0 Å². The number of aromatic amines is 1. The second-order valence-electron chi connectivity index (χ2n) is 15.6. The molecule has 3 N–H and O–H groups in total. The largest absolute Gasteiger partial charge is 0.453 e. The zero-order valence-electron chi connectivity index (χ0n) is 33.4. The lowest BCUT2D eigenvalue weighted by molar-refractivity contribution is -0.135. The number of methoxy groups -OCH3 is 2. The Morgan fingerprint density at radius 2 is 1.61 bits per heavy atom. The second-order valence-corrected chi connectivity index (χ2v) is 15.6. The van der Waals surface area contributed by atoms with Gasteiger partial charge in [0, 0.05) is 25.0 Å². The van der Waals surface area contributed by atoms with Crippen molar-refractivity contribution < 1.29 is 28.3 Å². The van der Waals surface area contributed by atoms with Gasteiger partial charge in [0.25, 0.3) is 0 Å². The highest BCUT2D eigenvalue weighted by atomic mass is 16.5. The van der Waals surface area contributed by atoms with Crippen LogP contribution in [0.2, 0.25) is 0 Å². The van der Waals surface area contributed by atoms with Gasteiger partial charge in [-0.05, 0) is 80.8 Å². The van der Waals surface area contributed by atoms with Crippen LogP contribution in [0.4, 0.5) is 15.5 Å². The lowest BCUT2D eigenvalue weighted by Crippen LogP contribution is -2.53. The zero-order chi connectivity index (χ0) is 38.9. The Balaban J connectivity index is 1.19. The number of aromatic nitrogens is 3. The van der Waals surface area contributed by atoms with Gasteiger partial charge in [-0.25, -0.2) is 19.6 Å². The highest BCUT2D eigenvalue weighted by Gasteiger charge is 2.39. The van der Waals surface area contributed by atoms with Gasteiger partial charge in [0.05, 0.1) is 37.8 Å². The van der Waals surface area contributed by atoms with Crippen LogP contribution in [-0.4, -0.2) is 83.4 Å². The molecule has 2 fully saturated rings. The molecule has 296 valence electrons. The monoisotopic (exact) mass is 747 g/mol. The lowest BCUT2D eigenvalue weighted by atomic mass is 9.77. The Morgan fingerprint density at radius 3 is 2.24 bits per heavy atom. The number of nitrogens with zero attached hydrogens (tertiary/aromatic N) is 4. The number of imidazole rings is 1. The van der Waals surface area contributed by atoms with Gasteiger partial charge in [-0.15, -0.1) is 0 Å². The number of hydrogen-bond acceptors (Lipinski definition) is 9. The fourth-order valence-electron chi connectivity index (χ4n) is 8.13. The predicted octanol–water partition coefficient (Wildman–Crippen LogP) is 7.93. The summed E-state index contributed by atoms with van der Waals surface area (Å²) < 4.78 is 15.7. The molecule has 13 heteroatoms. The minimum Gasteiger partial charge on any atom is -0.453 e. The number of nitrogens with one attached hydrogen (secondary N) is 3. The SMILES string of the molecule is CCCCN(c1ncc(-c2ccc([C@H]3CC[C@H](c4coc(C5CCCN5C(=O)[C@@H](NC(=O)OC)C(C)C)n4)CC3)cc2)[nH]1)C(C)[C@@H](NC(=O)OC)C(C)C. The normalized spacial score (nSPS) is 20.4. The molecule has 1 aromatic carbocycles. The van der Waals surface area contributed by atoms with Crippen molar-refractivity contribution in [2.24, 2.45) is 11.8 Å². The van der Waals surface area contributed by atoms with E-state index in [0.717, 1.165) is 80.8 Å². The van der Waals surface area contributed by atoms with Gasteiger partial charge in [0.15, 0.2) is 0 Å². The summed E-state index contributed by atoms with van der Waals surface area (Å²) in [5.41, 5.74) is 4.34. The maximum absolute atomic E-state index is 13.5. The number of ether oxygens (including phenoxy) is 2. The van der Waals surface area contributed by atoms with Crippen molar-refractivity contribution >= 4 is 24.0 Å². The molecule has 13 nitrogen and oxygen atoms in total. The number of oxazole rings is 1. The quantitative estimate of drug-likeness (QED) is 0.141. The molecule has 4 atom stereocenters. The van der Waals surface area contributed by atoms with Crippen LogP contribution in [0.1, 0.15) is 128 Å². The van der Waals surface area contributed by atoms with E-state index >= 15 is 0 Å². The van der Waals surface area contributed by atoms with Gasteiger partial charge < -0.3 is 39.3 Å².